The molecular weight excluding hydrogens is 256 g/mol. The molecule has 0 unspecified atom stereocenters. The van der Waals surface area contributed by atoms with Crippen molar-refractivity contribution in [2.75, 3.05) is 23.9 Å². The molecule has 7 heteroatoms. The summed E-state index contributed by atoms with van der Waals surface area (Å²) in [6.07, 6.45) is 0.783. The van der Waals surface area contributed by atoms with E-state index in [1.165, 1.54) is 6.07 Å². The van der Waals surface area contributed by atoms with Crippen LogP contribution in [0.4, 0.5) is 5.69 Å². The molecule has 18 heavy (non-hydrogen) atoms. The Morgan fingerprint density at radius 2 is 2.17 bits per heavy atom. The van der Waals surface area contributed by atoms with E-state index in [2.05, 4.69) is 4.90 Å². The van der Waals surface area contributed by atoms with Gasteiger partial charge in [-0.2, -0.15) is 0 Å². The minimum Gasteiger partial charge on any atom is -0.371 e. The number of hydrogen-bond acceptors (Lipinski definition) is 5. The zero-order valence-corrected chi connectivity index (χ0v) is 10.8. The van der Waals surface area contributed by atoms with E-state index in [4.69, 9.17) is 0 Å². The molecule has 0 atom stereocenters. The van der Waals surface area contributed by atoms with Gasteiger partial charge in [0, 0.05) is 23.7 Å². The van der Waals surface area contributed by atoms with Gasteiger partial charge in [-0.1, -0.05) is 0 Å². The number of sulfone groups is 1. The highest BCUT2D eigenvalue weighted by Crippen LogP contribution is 2.30. The first-order valence-electron chi connectivity index (χ1n) is 5.66. The third kappa shape index (κ3) is 2.31. The molecule has 1 aliphatic heterocycles. The van der Waals surface area contributed by atoms with Crippen LogP contribution in [0.5, 0.6) is 0 Å². The third-order valence-electron chi connectivity index (χ3n) is 3.06. The summed E-state index contributed by atoms with van der Waals surface area (Å²) in [6, 6.07) is 4.74. The molecule has 0 spiro atoms. The van der Waals surface area contributed by atoms with Crippen molar-refractivity contribution in [1.29, 1.82) is 0 Å². The van der Waals surface area contributed by atoms with E-state index in [0.29, 0.717) is 0 Å². The fraction of sp³-hybridized carbons (Fsp3) is 0.455. The summed E-state index contributed by atoms with van der Waals surface area (Å²) < 4.78 is 23.5. The molecule has 1 aromatic carbocycles. The zero-order valence-electron chi connectivity index (χ0n) is 10.00. The topological polar surface area (TPSA) is 80.5 Å². The van der Waals surface area contributed by atoms with Crippen molar-refractivity contribution in [3.05, 3.63) is 33.9 Å². The van der Waals surface area contributed by atoms with E-state index in [1.54, 1.807) is 12.1 Å². The Bertz CT molecular complexity index is 583. The number of rotatable bonds is 4. The van der Waals surface area contributed by atoms with Crippen molar-refractivity contribution in [2.45, 2.75) is 18.2 Å². The van der Waals surface area contributed by atoms with Gasteiger partial charge in [0.15, 0.2) is 0 Å². The normalized spacial score (nSPS) is 14.6. The van der Waals surface area contributed by atoms with Crippen LogP contribution in [0.2, 0.25) is 0 Å². The minimum absolute atomic E-state index is 0.0379. The third-order valence-corrected chi connectivity index (χ3v) is 4.58. The largest absolute Gasteiger partial charge is 0.371 e. The maximum absolute atomic E-state index is 11.7. The predicted molar refractivity (Wildman–Crippen MR) is 67.1 cm³/mol. The van der Waals surface area contributed by atoms with Gasteiger partial charge in [0.25, 0.3) is 0 Å². The molecule has 0 aromatic heterocycles. The van der Waals surface area contributed by atoms with Gasteiger partial charge < -0.3 is 4.90 Å². The highest BCUT2D eigenvalue weighted by Gasteiger charge is 2.25. The van der Waals surface area contributed by atoms with Crippen molar-refractivity contribution in [2.24, 2.45) is 0 Å². The van der Waals surface area contributed by atoms with Gasteiger partial charge in [-0.3, -0.25) is 10.1 Å². The Morgan fingerprint density at radius 3 is 2.78 bits per heavy atom. The zero-order chi connectivity index (χ0) is 13.3. The highest BCUT2D eigenvalue weighted by molar-refractivity contribution is 7.91. The number of nitrogens with zero attached hydrogens (tertiary/aromatic N) is 2. The van der Waals surface area contributed by atoms with Crippen LogP contribution < -0.4 is 4.90 Å². The van der Waals surface area contributed by atoms with E-state index in [-0.39, 0.29) is 4.90 Å². The average Bonchev–Trinajstić information content (AvgIpc) is 2.69. The molecule has 98 valence electrons. The second-order valence-electron chi connectivity index (χ2n) is 4.20. The van der Waals surface area contributed by atoms with Gasteiger partial charge in [0.2, 0.25) is 9.84 Å². The molecule has 2 rings (SSSR count). The Balaban J connectivity index is 2.36. The van der Waals surface area contributed by atoms with E-state index >= 15 is 0 Å². The van der Waals surface area contributed by atoms with Gasteiger partial charge in [-0.15, -0.1) is 0 Å². The fourth-order valence-electron chi connectivity index (χ4n) is 2.18. The lowest BCUT2D eigenvalue weighted by atomic mass is 10.2. The van der Waals surface area contributed by atoms with Crippen LogP contribution in [0.25, 0.3) is 0 Å². The minimum atomic E-state index is -3.82. The summed E-state index contributed by atoms with van der Waals surface area (Å²) >= 11 is 0. The van der Waals surface area contributed by atoms with Crippen LogP contribution in [0.3, 0.4) is 0 Å². The molecule has 0 bridgehead atoms. The number of hydrogen-bond donors (Lipinski definition) is 0. The molecule has 0 saturated heterocycles. The summed E-state index contributed by atoms with van der Waals surface area (Å²) in [4.78, 5) is 11.7. The Morgan fingerprint density at radius 1 is 1.44 bits per heavy atom. The molecule has 0 fully saturated rings. The molecule has 1 heterocycles. The lowest BCUT2D eigenvalue weighted by molar-refractivity contribution is -0.458. The molecule has 6 nitrogen and oxygen atoms in total. The van der Waals surface area contributed by atoms with Crippen LogP contribution in [-0.2, 0) is 16.3 Å². The summed E-state index contributed by atoms with van der Waals surface area (Å²) in [6.45, 7) is 3.77. The predicted octanol–water partition coefficient (Wildman–Crippen LogP) is 1.08. The van der Waals surface area contributed by atoms with E-state index < -0.39 is 20.6 Å². The van der Waals surface area contributed by atoms with Crippen LogP contribution in [0, 0.1) is 10.1 Å². The Hall–Kier alpha value is -1.63. The van der Waals surface area contributed by atoms with E-state index in [1.807, 2.05) is 6.92 Å². The standard InChI is InChI=1S/C11H14N2O4S/c1-2-12-6-5-9-7-10(3-4-11(9)12)18(16,17)8-13(14)15/h3-4,7H,2,5-6,8H2,1H3. The summed E-state index contributed by atoms with van der Waals surface area (Å²) in [7, 11) is -3.82. The lowest BCUT2D eigenvalue weighted by Gasteiger charge is -2.16. The first-order valence-corrected chi connectivity index (χ1v) is 7.31. The number of benzene rings is 1. The van der Waals surface area contributed by atoms with Crippen molar-refractivity contribution >= 4 is 15.5 Å². The lowest BCUT2D eigenvalue weighted by Crippen LogP contribution is -2.19. The van der Waals surface area contributed by atoms with Crippen molar-refractivity contribution in [1.82, 2.24) is 0 Å². The number of fused-ring (bicyclic) bond motifs is 1. The highest BCUT2D eigenvalue weighted by atomic mass is 32.2. The SMILES string of the molecule is CCN1CCc2cc(S(=O)(=O)C[N+](=O)[O-])ccc21. The molecular formula is C11H14N2O4S. The van der Waals surface area contributed by atoms with Gasteiger partial charge in [0.1, 0.15) is 0 Å². The van der Waals surface area contributed by atoms with Crippen LogP contribution in [0.15, 0.2) is 23.1 Å². The van der Waals surface area contributed by atoms with Gasteiger partial charge >= 0.3 is 5.88 Å². The van der Waals surface area contributed by atoms with Crippen LogP contribution in [-0.4, -0.2) is 32.3 Å². The van der Waals surface area contributed by atoms with E-state index in [0.717, 1.165) is 30.8 Å². The first kappa shape index (κ1) is 12.8. The molecule has 0 amide bonds. The monoisotopic (exact) mass is 270 g/mol. The maximum atomic E-state index is 11.7. The molecule has 0 N–H and O–H groups in total. The average molecular weight is 270 g/mol. The van der Waals surface area contributed by atoms with Crippen molar-refractivity contribution in [3.8, 4) is 0 Å². The molecule has 1 aromatic rings. The van der Waals surface area contributed by atoms with Gasteiger partial charge in [-0.25, -0.2) is 8.42 Å². The number of nitro groups is 1. The van der Waals surface area contributed by atoms with Gasteiger partial charge in [-0.05, 0) is 37.1 Å². The smallest absolute Gasteiger partial charge is 0.305 e. The van der Waals surface area contributed by atoms with Crippen molar-refractivity contribution in [3.63, 3.8) is 0 Å². The Labute approximate surface area is 105 Å². The molecule has 0 aliphatic carbocycles. The molecule has 0 saturated carbocycles. The molecule has 0 radical (unpaired) electrons. The fourth-order valence-corrected chi connectivity index (χ4v) is 3.21. The second-order valence-corrected chi connectivity index (χ2v) is 6.16. The summed E-state index contributed by atoms with van der Waals surface area (Å²) in [5.41, 5.74) is 1.97. The quantitative estimate of drug-likeness (QED) is 0.604. The van der Waals surface area contributed by atoms with Crippen LogP contribution in [0.1, 0.15) is 12.5 Å². The van der Waals surface area contributed by atoms with Crippen LogP contribution >= 0.6 is 0 Å². The van der Waals surface area contributed by atoms with Gasteiger partial charge in [0.05, 0.1) is 4.90 Å². The summed E-state index contributed by atoms with van der Waals surface area (Å²) in [5.74, 6) is -1.05. The van der Waals surface area contributed by atoms with E-state index in [9.17, 15) is 18.5 Å². The van der Waals surface area contributed by atoms with Crippen molar-refractivity contribution < 1.29 is 13.3 Å². The Kier molecular flexibility index (Phi) is 3.25. The number of anilines is 1. The second kappa shape index (κ2) is 4.56. The number of likely N-dealkylation sites (N-methyl/N-ethyl adjacent to an activating group) is 1. The molecule has 1 aliphatic rings. The summed E-state index contributed by atoms with van der Waals surface area (Å²) in [5, 5.41) is 10.3. The maximum Gasteiger partial charge on any atom is 0.305 e. The first-order chi connectivity index (χ1) is 8.44.